The number of halogens is 1. The lowest BCUT2D eigenvalue weighted by atomic mass is 10.0. The lowest BCUT2D eigenvalue weighted by Crippen LogP contribution is -2.42. The maximum absolute atomic E-state index is 12.9. The third-order valence-electron chi connectivity index (χ3n) is 3.31. The number of nitrogen functional groups attached to an aromatic ring is 1. The van der Waals surface area contributed by atoms with Gasteiger partial charge in [0.1, 0.15) is 5.82 Å². The van der Waals surface area contributed by atoms with E-state index in [2.05, 4.69) is 0 Å². The van der Waals surface area contributed by atoms with Crippen LogP contribution < -0.4 is 5.73 Å². The number of benzene rings is 1. The first-order chi connectivity index (χ1) is 8.09. The number of amides is 1. The van der Waals surface area contributed by atoms with Gasteiger partial charge in [-0.1, -0.05) is 0 Å². The lowest BCUT2D eigenvalue weighted by molar-refractivity contribution is 0.0636. The second kappa shape index (κ2) is 4.73. The summed E-state index contributed by atoms with van der Waals surface area (Å²) in [6.45, 7) is 2.80. The van der Waals surface area contributed by atoms with E-state index in [-0.39, 0.29) is 17.6 Å². The Bertz CT molecular complexity index is 433. The molecule has 0 saturated carbocycles. The van der Waals surface area contributed by atoms with Crippen LogP contribution >= 0.6 is 0 Å². The van der Waals surface area contributed by atoms with E-state index in [9.17, 15) is 9.18 Å². The molecule has 1 aromatic carbocycles. The van der Waals surface area contributed by atoms with Gasteiger partial charge in [-0.15, -0.1) is 0 Å². The van der Waals surface area contributed by atoms with Crippen LogP contribution in [-0.2, 0) is 0 Å². The highest BCUT2D eigenvalue weighted by atomic mass is 19.1. The fourth-order valence-corrected chi connectivity index (χ4v) is 2.28. The quantitative estimate of drug-likeness (QED) is 0.761. The molecule has 1 amide bonds. The predicted octanol–water partition coefficient (Wildman–Crippen LogP) is 2.42. The molecule has 1 aliphatic rings. The van der Waals surface area contributed by atoms with Crippen LogP contribution in [0.25, 0.3) is 0 Å². The van der Waals surface area contributed by atoms with Crippen molar-refractivity contribution in [3.05, 3.63) is 29.6 Å². The van der Waals surface area contributed by atoms with Gasteiger partial charge < -0.3 is 10.6 Å². The third kappa shape index (κ3) is 2.40. The minimum Gasteiger partial charge on any atom is -0.398 e. The molecule has 17 heavy (non-hydrogen) atoms. The molecular formula is C13H17FN2O. The first-order valence-electron chi connectivity index (χ1n) is 5.95. The molecule has 1 saturated heterocycles. The van der Waals surface area contributed by atoms with Gasteiger partial charge in [0.05, 0.1) is 5.56 Å². The van der Waals surface area contributed by atoms with Crippen LogP contribution in [-0.4, -0.2) is 23.4 Å². The van der Waals surface area contributed by atoms with Crippen molar-refractivity contribution in [2.45, 2.75) is 32.2 Å². The topological polar surface area (TPSA) is 46.3 Å². The van der Waals surface area contributed by atoms with Crippen molar-refractivity contribution < 1.29 is 9.18 Å². The van der Waals surface area contributed by atoms with Gasteiger partial charge in [0.25, 0.3) is 5.91 Å². The second-order valence-corrected chi connectivity index (χ2v) is 4.57. The molecule has 1 aliphatic heterocycles. The Morgan fingerprint density at radius 2 is 2.24 bits per heavy atom. The maximum atomic E-state index is 12.9. The standard InChI is InChI=1S/C13H17FN2O/c1-9-4-2-3-7-16(9)13(17)11-6-5-10(14)8-12(11)15/h5-6,8-9H,2-4,7,15H2,1H3. The summed E-state index contributed by atoms with van der Waals surface area (Å²) < 4.78 is 12.9. The summed E-state index contributed by atoms with van der Waals surface area (Å²) in [5, 5.41) is 0. The summed E-state index contributed by atoms with van der Waals surface area (Å²) in [7, 11) is 0. The molecule has 0 radical (unpaired) electrons. The van der Waals surface area contributed by atoms with E-state index < -0.39 is 5.82 Å². The van der Waals surface area contributed by atoms with Crippen molar-refractivity contribution in [3.8, 4) is 0 Å². The van der Waals surface area contributed by atoms with Crippen LogP contribution in [0.1, 0.15) is 36.5 Å². The van der Waals surface area contributed by atoms with Crippen LogP contribution in [0.2, 0.25) is 0 Å². The molecule has 2 rings (SSSR count). The number of hydrogen-bond acceptors (Lipinski definition) is 2. The predicted molar refractivity (Wildman–Crippen MR) is 65.2 cm³/mol. The summed E-state index contributed by atoms with van der Waals surface area (Å²) in [4.78, 5) is 14.1. The first kappa shape index (κ1) is 11.9. The van der Waals surface area contributed by atoms with E-state index in [1.54, 1.807) is 0 Å². The van der Waals surface area contributed by atoms with E-state index in [1.807, 2.05) is 11.8 Å². The Morgan fingerprint density at radius 1 is 1.47 bits per heavy atom. The Hall–Kier alpha value is -1.58. The van der Waals surface area contributed by atoms with Crippen molar-refractivity contribution in [2.75, 3.05) is 12.3 Å². The highest BCUT2D eigenvalue weighted by molar-refractivity contribution is 5.99. The molecule has 1 aromatic rings. The minimum atomic E-state index is -0.411. The van der Waals surface area contributed by atoms with E-state index in [4.69, 9.17) is 5.73 Å². The number of anilines is 1. The normalized spacial score (nSPS) is 20.4. The molecule has 1 atom stereocenters. The van der Waals surface area contributed by atoms with Crippen molar-refractivity contribution in [1.29, 1.82) is 0 Å². The number of likely N-dealkylation sites (tertiary alicyclic amines) is 1. The molecule has 0 bridgehead atoms. The molecule has 0 spiro atoms. The van der Waals surface area contributed by atoms with Gasteiger partial charge in [-0.05, 0) is 44.4 Å². The van der Waals surface area contributed by atoms with E-state index >= 15 is 0 Å². The number of carbonyl (C=O) groups excluding carboxylic acids is 1. The van der Waals surface area contributed by atoms with Crippen LogP contribution in [0.3, 0.4) is 0 Å². The number of rotatable bonds is 1. The zero-order chi connectivity index (χ0) is 12.4. The van der Waals surface area contributed by atoms with Crippen LogP contribution in [0.4, 0.5) is 10.1 Å². The number of carbonyl (C=O) groups is 1. The third-order valence-corrected chi connectivity index (χ3v) is 3.31. The van der Waals surface area contributed by atoms with Gasteiger partial charge >= 0.3 is 0 Å². The highest BCUT2D eigenvalue weighted by Gasteiger charge is 2.25. The number of hydrogen-bond donors (Lipinski definition) is 1. The fourth-order valence-electron chi connectivity index (χ4n) is 2.28. The molecule has 1 heterocycles. The van der Waals surface area contributed by atoms with E-state index in [0.29, 0.717) is 5.56 Å². The van der Waals surface area contributed by atoms with Crippen LogP contribution in [0.15, 0.2) is 18.2 Å². The molecule has 4 heteroatoms. The summed E-state index contributed by atoms with van der Waals surface area (Å²) in [5.74, 6) is -0.500. The first-order valence-corrected chi connectivity index (χ1v) is 5.95. The average Bonchev–Trinajstić information content (AvgIpc) is 2.29. The van der Waals surface area contributed by atoms with Crippen molar-refractivity contribution in [3.63, 3.8) is 0 Å². The van der Waals surface area contributed by atoms with Crippen LogP contribution in [0, 0.1) is 5.82 Å². The number of nitrogens with two attached hydrogens (primary N) is 1. The average molecular weight is 236 g/mol. The van der Waals surface area contributed by atoms with E-state index in [1.165, 1.54) is 18.2 Å². The molecule has 2 N–H and O–H groups in total. The van der Waals surface area contributed by atoms with Crippen LogP contribution in [0.5, 0.6) is 0 Å². The molecular weight excluding hydrogens is 219 g/mol. The monoisotopic (exact) mass is 236 g/mol. The minimum absolute atomic E-state index is 0.0882. The van der Waals surface area contributed by atoms with Gasteiger partial charge in [-0.3, -0.25) is 4.79 Å². The fraction of sp³-hybridized carbons (Fsp3) is 0.462. The molecule has 1 unspecified atom stereocenters. The Morgan fingerprint density at radius 3 is 2.88 bits per heavy atom. The van der Waals surface area contributed by atoms with Gasteiger partial charge in [-0.25, -0.2) is 4.39 Å². The maximum Gasteiger partial charge on any atom is 0.256 e. The molecule has 92 valence electrons. The van der Waals surface area contributed by atoms with Gasteiger partial charge in [0.15, 0.2) is 0 Å². The number of piperidine rings is 1. The zero-order valence-corrected chi connectivity index (χ0v) is 9.95. The lowest BCUT2D eigenvalue weighted by Gasteiger charge is -2.33. The summed E-state index contributed by atoms with van der Waals surface area (Å²) in [6, 6.07) is 4.18. The molecule has 1 fully saturated rings. The Balaban J connectivity index is 2.24. The summed E-state index contributed by atoms with van der Waals surface area (Å²) >= 11 is 0. The van der Waals surface area contributed by atoms with Gasteiger partial charge in [-0.2, -0.15) is 0 Å². The largest absolute Gasteiger partial charge is 0.398 e. The second-order valence-electron chi connectivity index (χ2n) is 4.57. The van der Waals surface area contributed by atoms with Crippen molar-refractivity contribution >= 4 is 11.6 Å². The highest BCUT2D eigenvalue weighted by Crippen LogP contribution is 2.22. The Labute approximate surface area is 100 Å². The Kier molecular flexibility index (Phi) is 3.31. The van der Waals surface area contributed by atoms with Crippen molar-refractivity contribution in [1.82, 2.24) is 4.90 Å². The zero-order valence-electron chi connectivity index (χ0n) is 9.95. The SMILES string of the molecule is CC1CCCCN1C(=O)c1ccc(F)cc1N. The van der Waals surface area contributed by atoms with Gasteiger partial charge in [0.2, 0.25) is 0 Å². The van der Waals surface area contributed by atoms with E-state index in [0.717, 1.165) is 25.8 Å². The summed E-state index contributed by atoms with van der Waals surface area (Å²) in [6.07, 6.45) is 3.20. The molecule has 0 aliphatic carbocycles. The van der Waals surface area contributed by atoms with Crippen molar-refractivity contribution in [2.24, 2.45) is 0 Å². The molecule has 3 nitrogen and oxygen atoms in total. The molecule has 0 aromatic heterocycles. The summed E-state index contributed by atoms with van der Waals surface area (Å²) in [5.41, 5.74) is 6.31. The number of nitrogens with zero attached hydrogens (tertiary/aromatic N) is 1. The smallest absolute Gasteiger partial charge is 0.256 e. The van der Waals surface area contributed by atoms with Gasteiger partial charge in [0, 0.05) is 18.3 Å².